The molecule has 3 aromatic rings. The van der Waals surface area contributed by atoms with Crippen molar-refractivity contribution in [3.63, 3.8) is 0 Å². The Morgan fingerprint density at radius 2 is 2.29 bits per heavy atom. The lowest BCUT2D eigenvalue weighted by molar-refractivity contribution is 0.210. The van der Waals surface area contributed by atoms with Crippen LogP contribution in [0, 0.1) is 0 Å². The van der Waals surface area contributed by atoms with Crippen LogP contribution in [0.25, 0.3) is 11.4 Å². The van der Waals surface area contributed by atoms with Crippen molar-refractivity contribution in [2.24, 2.45) is 7.05 Å². The van der Waals surface area contributed by atoms with Gasteiger partial charge in [-0.15, -0.1) is 16.4 Å². The highest BCUT2D eigenvalue weighted by Gasteiger charge is 2.21. The molecule has 1 aliphatic rings. The van der Waals surface area contributed by atoms with Gasteiger partial charge in [-0.05, 0) is 12.5 Å². The van der Waals surface area contributed by atoms with Gasteiger partial charge in [-0.3, -0.25) is 10.00 Å². The minimum absolute atomic E-state index is 0.157. The number of aryl methyl sites for hydroxylation is 2. The van der Waals surface area contributed by atoms with Crippen LogP contribution in [-0.4, -0.2) is 47.2 Å². The second-order valence-electron chi connectivity index (χ2n) is 5.53. The molecule has 3 aromatic heterocycles. The van der Waals surface area contributed by atoms with Gasteiger partial charge in [0.15, 0.2) is 5.13 Å². The molecule has 0 bridgehead atoms. The lowest BCUT2D eigenvalue weighted by Gasteiger charge is -2.19. The van der Waals surface area contributed by atoms with Gasteiger partial charge in [0.2, 0.25) is 0 Å². The minimum atomic E-state index is -0.157. The summed E-state index contributed by atoms with van der Waals surface area (Å²) in [5.41, 5.74) is 2.65. The zero-order valence-corrected chi connectivity index (χ0v) is 13.9. The molecule has 0 atom stereocenters. The lowest BCUT2D eigenvalue weighted by atomic mass is 10.3. The van der Waals surface area contributed by atoms with Crippen LogP contribution in [0.1, 0.15) is 12.1 Å². The number of hydrogen-bond acceptors (Lipinski definition) is 6. The number of amides is 2. The molecule has 24 heavy (non-hydrogen) atoms. The standard InChI is InChI=1S/C14H16N8OS/c1-20-12(3-4-16-20)11-9-24-13(17-11)18-14(23)21-5-2-6-22-10(8-21)7-15-19-22/h3-4,7,9H,2,5-6,8H2,1H3,(H,17,18,23). The molecule has 1 N–H and O–H groups in total. The summed E-state index contributed by atoms with van der Waals surface area (Å²) in [5, 5.41) is 17.4. The molecule has 10 heteroatoms. The summed E-state index contributed by atoms with van der Waals surface area (Å²) in [6.45, 7) is 1.95. The Bertz CT molecular complexity index is 866. The van der Waals surface area contributed by atoms with Crippen molar-refractivity contribution in [1.82, 2.24) is 34.7 Å². The van der Waals surface area contributed by atoms with Gasteiger partial charge in [0.1, 0.15) is 5.69 Å². The largest absolute Gasteiger partial charge is 0.324 e. The summed E-state index contributed by atoms with van der Waals surface area (Å²) in [7, 11) is 1.86. The highest BCUT2D eigenvalue weighted by atomic mass is 32.1. The van der Waals surface area contributed by atoms with E-state index in [1.165, 1.54) is 11.3 Å². The Morgan fingerprint density at radius 1 is 1.38 bits per heavy atom. The molecule has 0 aliphatic carbocycles. The van der Waals surface area contributed by atoms with Crippen LogP contribution in [-0.2, 0) is 20.1 Å². The van der Waals surface area contributed by atoms with E-state index in [1.54, 1.807) is 22.0 Å². The van der Waals surface area contributed by atoms with Gasteiger partial charge in [-0.25, -0.2) is 14.5 Å². The van der Waals surface area contributed by atoms with E-state index in [-0.39, 0.29) is 6.03 Å². The molecule has 0 spiro atoms. The normalized spacial score (nSPS) is 14.3. The van der Waals surface area contributed by atoms with Gasteiger partial charge in [0.05, 0.1) is 24.1 Å². The van der Waals surface area contributed by atoms with Crippen LogP contribution in [0.3, 0.4) is 0 Å². The van der Waals surface area contributed by atoms with Crippen LogP contribution in [0.15, 0.2) is 23.8 Å². The number of fused-ring (bicyclic) bond motifs is 1. The van der Waals surface area contributed by atoms with Crippen LogP contribution < -0.4 is 5.32 Å². The predicted molar refractivity (Wildman–Crippen MR) is 88.4 cm³/mol. The summed E-state index contributed by atoms with van der Waals surface area (Å²) >= 11 is 1.40. The molecule has 2 amide bonds. The van der Waals surface area contributed by atoms with Crippen molar-refractivity contribution in [3.05, 3.63) is 29.5 Å². The highest BCUT2D eigenvalue weighted by Crippen LogP contribution is 2.24. The predicted octanol–water partition coefficient (Wildman–Crippen LogP) is 1.57. The van der Waals surface area contributed by atoms with Crippen LogP contribution in [0.2, 0.25) is 0 Å². The van der Waals surface area contributed by atoms with E-state index in [4.69, 9.17) is 0 Å². The molecule has 1 aliphatic heterocycles. The number of carbonyl (C=O) groups is 1. The Labute approximate surface area is 141 Å². The Hall–Kier alpha value is -2.75. The highest BCUT2D eigenvalue weighted by molar-refractivity contribution is 7.14. The van der Waals surface area contributed by atoms with Crippen molar-refractivity contribution in [3.8, 4) is 11.4 Å². The van der Waals surface area contributed by atoms with Crippen LogP contribution in [0.5, 0.6) is 0 Å². The average molecular weight is 344 g/mol. The number of rotatable bonds is 2. The maximum atomic E-state index is 12.5. The molecular weight excluding hydrogens is 328 g/mol. The minimum Gasteiger partial charge on any atom is -0.318 e. The molecular formula is C14H16N8OS. The Morgan fingerprint density at radius 3 is 3.12 bits per heavy atom. The van der Waals surface area contributed by atoms with E-state index in [9.17, 15) is 4.79 Å². The SMILES string of the molecule is Cn1nccc1-c1csc(NC(=O)N2CCCn3nncc3C2)n1. The van der Waals surface area contributed by atoms with E-state index in [0.29, 0.717) is 18.2 Å². The summed E-state index contributed by atoms with van der Waals surface area (Å²) in [6.07, 6.45) is 4.28. The van der Waals surface area contributed by atoms with Gasteiger partial charge in [-0.2, -0.15) is 5.10 Å². The van der Waals surface area contributed by atoms with E-state index in [2.05, 4.69) is 25.7 Å². The maximum absolute atomic E-state index is 12.5. The molecule has 0 saturated heterocycles. The summed E-state index contributed by atoms with van der Waals surface area (Å²) in [6, 6.07) is 1.74. The topological polar surface area (TPSA) is 93.8 Å². The first-order valence-corrected chi connectivity index (χ1v) is 8.46. The third kappa shape index (κ3) is 2.75. The number of aromatic nitrogens is 6. The average Bonchev–Trinajstić information content (AvgIpc) is 3.27. The molecule has 124 valence electrons. The van der Waals surface area contributed by atoms with Gasteiger partial charge in [0.25, 0.3) is 0 Å². The molecule has 0 saturated carbocycles. The second kappa shape index (κ2) is 6.04. The van der Waals surface area contributed by atoms with Crippen molar-refractivity contribution >= 4 is 22.5 Å². The number of urea groups is 1. The van der Waals surface area contributed by atoms with Gasteiger partial charge >= 0.3 is 6.03 Å². The Balaban J connectivity index is 1.47. The quantitative estimate of drug-likeness (QED) is 0.761. The third-order valence-electron chi connectivity index (χ3n) is 3.94. The molecule has 0 radical (unpaired) electrons. The van der Waals surface area contributed by atoms with Crippen molar-refractivity contribution in [2.75, 3.05) is 11.9 Å². The number of anilines is 1. The first-order chi connectivity index (χ1) is 11.7. The zero-order valence-electron chi connectivity index (χ0n) is 13.1. The monoisotopic (exact) mass is 344 g/mol. The third-order valence-corrected chi connectivity index (χ3v) is 4.70. The van der Waals surface area contributed by atoms with Crippen LogP contribution >= 0.6 is 11.3 Å². The fraction of sp³-hybridized carbons (Fsp3) is 0.357. The van der Waals surface area contributed by atoms with E-state index >= 15 is 0 Å². The fourth-order valence-electron chi connectivity index (χ4n) is 2.69. The smallest absolute Gasteiger partial charge is 0.318 e. The van der Waals surface area contributed by atoms with Crippen LogP contribution in [0.4, 0.5) is 9.93 Å². The summed E-state index contributed by atoms with van der Waals surface area (Å²) < 4.78 is 3.60. The molecule has 4 heterocycles. The van der Waals surface area contributed by atoms with Gasteiger partial charge in [0, 0.05) is 31.7 Å². The van der Waals surface area contributed by atoms with Crippen molar-refractivity contribution in [2.45, 2.75) is 19.5 Å². The van der Waals surface area contributed by atoms with E-state index in [1.807, 2.05) is 23.2 Å². The number of hydrogen-bond donors (Lipinski definition) is 1. The lowest BCUT2D eigenvalue weighted by Crippen LogP contribution is -2.34. The zero-order chi connectivity index (χ0) is 16.5. The first-order valence-electron chi connectivity index (χ1n) is 7.58. The van der Waals surface area contributed by atoms with E-state index in [0.717, 1.165) is 30.0 Å². The van der Waals surface area contributed by atoms with E-state index < -0.39 is 0 Å². The molecule has 0 unspecified atom stereocenters. The van der Waals surface area contributed by atoms with Crippen molar-refractivity contribution in [1.29, 1.82) is 0 Å². The number of carbonyl (C=O) groups excluding carboxylic acids is 1. The fourth-order valence-corrected chi connectivity index (χ4v) is 3.39. The molecule has 0 fully saturated rings. The van der Waals surface area contributed by atoms with Crippen molar-refractivity contribution < 1.29 is 4.79 Å². The molecule has 4 rings (SSSR count). The molecule has 0 aromatic carbocycles. The molecule has 9 nitrogen and oxygen atoms in total. The van der Waals surface area contributed by atoms with Gasteiger partial charge in [-0.1, -0.05) is 5.21 Å². The summed E-state index contributed by atoms with van der Waals surface area (Å²) in [5.74, 6) is 0. The number of nitrogens with zero attached hydrogens (tertiary/aromatic N) is 7. The first kappa shape index (κ1) is 14.8. The number of thiazole rings is 1. The summed E-state index contributed by atoms with van der Waals surface area (Å²) in [4.78, 5) is 18.8. The Kier molecular flexibility index (Phi) is 3.73. The number of nitrogens with one attached hydrogen (secondary N) is 1. The maximum Gasteiger partial charge on any atom is 0.324 e. The van der Waals surface area contributed by atoms with Gasteiger partial charge < -0.3 is 4.90 Å². The second-order valence-corrected chi connectivity index (χ2v) is 6.39.